The molecule has 0 aliphatic carbocycles. The predicted octanol–water partition coefficient (Wildman–Crippen LogP) is 1.37. The number of carbonyl (C=O) groups is 1. The number of hydrogen-bond donors (Lipinski definition) is 3. The largest absolute Gasteiger partial charge is 0.478 e. The van der Waals surface area contributed by atoms with Crippen molar-refractivity contribution >= 4 is 16.9 Å². The van der Waals surface area contributed by atoms with Gasteiger partial charge >= 0.3 is 5.97 Å². The molecule has 2 heterocycles. The highest BCUT2D eigenvalue weighted by Gasteiger charge is 2.32. The van der Waals surface area contributed by atoms with E-state index in [0.29, 0.717) is 42.9 Å². The summed E-state index contributed by atoms with van der Waals surface area (Å²) in [5.74, 6) is -0.647. The van der Waals surface area contributed by atoms with Crippen LogP contribution in [0.15, 0.2) is 28.7 Å². The highest BCUT2D eigenvalue weighted by Crippen LogP contribution is 2.26. The van der Waals surface area contributed by atoms with Crippen LogP contribution in [-0.2, 0) is 11.3 Å². The summed E-state index contributed by atoms with van der Waals surface area (Å²) in [6, 6.07) is 7.04. The molecule has 1 aromatic carbocycles. The molecule has 112 valence electrons. The molecule has 0 bridgehead atoms. The zero-order chi connectivity index (χ0) is 14.9. The number of nitrogens with one attached hydrogen (secondary N) is 1. The van der Waals surface area contributed by atoms with Crippen molar-refractivity contribution in [3.05, 3.63) is 35.6 Å². The highest BCUT2D eigenvalue weighted by atomic mass is 16.5. The Kier molecular flexibility index (Phi) is 3.67. The SMILES string of the molecule is O=C(O)c1c(CNCC2(O)CCOC2)oc2ccccc12. The maximum atomic E-state index is 11.4. The molecule has 1 unspecified atom stereocenters. The van der Waals surface area contributed by atoms with Crippen LogP contribution in [0.2, 0.25) is 0 Å². The van der Waals surface area contributed by atoms with Crippen molar-refractivity contribution in [1.29, 1.82) is 0 Å². The van der Waals surface area contributed by atoms with E-state index in [4.69, 9.17) is 9.15 Å². The van der Waals surface area contributed by atoms with E-state index in [2.05, 4.69) is 5.32 Å². The molecule has 0 amide bonds. The summed E-state index contributed by atoms with van der Waals surface area (Å²) >= 11 is 0. The highest BCUT2D eigenvalue weighted by molar-refractivity contribution is 6.03. The summed E-state index contributed by atoms with van der Waals surface area (Å²) in [5, 5.41) is 23.2. The van der Waals surface area contributed by atoms with Crippen molar-refractivity contribution in [2.24, 2.45) is 0 Å². The van der Waals surface area contributed by atoms with Crippen LogP contribution in [0.25, 0.3) is 11.0 Å². The van der Waals surface area contributed by atoms with E-state index in [1.54, 1.807) is 24.3 Å². The van der Waals surface area contributed by atoms with Gasteiger partial charge in [0.25, 0.3) is 0 Å². The average Bonchev–Trinajstić information content (AvgIpc) is 3.02. The van der Waals surface area contributed by atoms with Crippen LogP contribution >= 0.6 is 0 Å². The lowest BCUT2D eigenvalue weighted by molar-refractivity contribution is 0.0265. The zero-order valence-corrected chi connectivity index (χ0v) is 11.5. The third-order valence-corrected chi connectivity index (χ3v) is 3.70. The van der Waals surface area contributed by atoms with Crippen LogP contribution in [0.3, 0.4) is 0 Å². The fourth-order valence-electron chi connectivity index (χ4n) is 2.60. The molecule has 1 aliphatic heterocycles. The van der Waals surface area contributed by atoms with Gasteiger partial charge in [-0.3, -0.25) is 0 Å². The second kappa shape index (κ2) is 5.48. The van der Waals surface area contributed by atoms with E-state index in [0.717, 1.165) is 0 Å². The second-order valence-corrected chi connectivity index (χ2v) is 5.33. The van der Waals surface area contributed by atoms with Gasteiger partial charge in [-0.05, 0) is 6.07 Å². The molecule has 2 aromatic rings. The number of carboxylic acid groups (broad SMARTS) is 1. The molecule has 6 heteroatoms. The van der Waals surface area contributed by atoms with Crippen LogP contribution in [0, 0.1) is 0 Å². The average molecular weight is 291 g/mol. The minimum absolute atomic E-state index is 0.174. The summed E-state index contributed by atoms with van der Waals surface area (Å²) in [6.07, 6.45) is 0.575. The maximum absolute atomic E-state index is 11.4. The second-order valence-electron chi connectivity index (χ2n) is 5.33. The molecular formula is C15H17NO5. The molecule has 21 heavy (non-hydrogen) atoms. The van der Waals surface area contributed by atoms with E-state index in [-0.39, 0.29) is 12.1 Å². The lowest BCUT2D eigenvalue weighted by Gasteiger charge is -2.20. The molecule has 1 aliphatic rings. The van der Waals surface area contributed by atoms with Crippen molar-refractivity contribution in [3.63, 3.8) is 0 Å². The number of ether oxygens (including phenoxy) is 1. The summed E-state index contributed by atoms with van der Waals surface area (Å²) in [6.45, 7) is 1.43. The van der Waals surface area contributed by atoms with Gasteiger partial charge in [0.1, 0.15) is 22.5 Å². The number of benzene rings is 1. The predicted molar refractivity (Wildman–Crippen MR) is 75.3 cm³/mol. The van der Waals surface area contributed by atoms with Crippen LogP contribution < -0.4 is 5.32 Å². The van der Waals surface area contributed by atoms with Crippen molar-refractivity contribution in [3.8, 4) is 0 Å². The van der Waals surface area contributed by atoms with Crippen molar-refractivity contribution in [2.45, 2.75) is 18.6 Å². The molecule has 3 rings (SSSR count). The van der Waals surface area contributed by atoms with Gasteiger partial charge in [-0.1, -0.05) is 18.2 Å². The van der Waals surface area contributed by atoms with E-state index < -0.39 is 11.6 Å². The molecule has 0 saturated carbocycles. The summed E-state index contributed by atoms with van der Waals surface area (Å²) < 4.78 is 10.8. The molecular weight excluding hydrogens is 274 g/mol. The Balaban J connectivity index is 1.77. The summed E-state index contributed by atoms with van der Waals surface area (Å²) in [4.78, 5) is 11.4. The van der Waals surface area contributed by atoms with E-state index in [1.807, 2.05) is 0 Å². The Labute approximate surface area is 121 Å². The smallest absolute Gasteiger partial charge is 0.339 e. The van der Waals surface area contributed by atoms with E-state index in [9.17, 15) is 15.0 Å². The number of para-hydroxylation sites is 1. The summed E-state index contributed by atoms with van der Waals surface area (Å²) in [7, 11) is 0. The quantitative estimate of drug-likeness (QED) is 0.770. The Bertz CT molecular complexity index is 657. The number of rotatable bonds is 5. The third-order valence-electron chi connectivity index (χ3n) is 3.70. The molecule has 1 saturated heterocycles. The van der Waals surface area contributed by atoms with Gasteiger partial charge in [0.2, 0.25) is 0 Å². The van der Waals surface area contributed by atoms with Crippen molar-refractivity contribution in [2.75, 3.05) is 19.8 Å². The first-order chi connectivity index (χ1) is 10.1. The van der Waals surface area contributed by atoms with Gasteiger partial charge in [0, 0.05) is 25.0 Å². The Morgan fingerprint density at radius 1 is 1.38 bits per heavy atom. The van der Waals surface area contributed by atoms with E-state index in [1.165, 1.54) is 0 Å². The number of furan rings is 1. The molecule has 0 spiro atoms. The van der Waals surface area contributed by atoms with Gasteiger partial charge in [-0.15, -0.1) is 0 Å². The Morgan fingerprint density at radius 2 is 2.19 bits per heavy atom. The van der Waals surface area contributed by atoms with Crippen LogP contribution in [0.4, 0.5) is 0 Å². The molecule has 1 atom stereocenters. The lowest BCUT2D eigenvalue weighted by Crippen LogP contribution is -2.40. The molecule has 1 aromatic heterocycles. The molecule has 3 N–H and O–H groups in total. The van der Waals surface area contributed by atoms with Gasteiger partial charge in [-0.25, -0.2) is 4.79 Å². The number of fused-ring (bicyclic) bond motifs is 1. The maximum Gasteiger partial charge on any atom is 0.339 e. The molecule has 6 nitrogen and oxygen atoms in total. The first kappa shape index (κ1) is 14.1. The fraction of sp³-hybridized carbons (Fsp3) is 0.400. The van der Waals surface area contributed by atoms with Gasteiger partial charge in [0.15, 0.2) is 0 Å². The minimum Gasteiger partial charge on any atom is -0.478 e. The first-order valence-electron chi connectivity index (χ1n) is 6.84. The molecule has 1 fully saturated rings. The van der Waals surface area contributed by atoms with Crippen molar-refractivity contribution in [1.82, 2.24) is 5.32 Å². The number of aliphatic hydroxyl groups is 1. The fourth-order valence-corrected chi connectivity index (χ4v) is 2.60. The van der Waals surface area contributed by atoms with Crippen LogP contribution in [-0.4, -0.2) is 41.5 Å². The molecule has 0 radical (unpaired) electrons. The lowest BCUT2D eigenvalue weighted by atomic mass is 10.0. The zero-order valence-electron chi connectivity index (χ0n) is 11.5. The number of hydrogen-bond acceptors (Lipinski definition) is 5. The van der Waals surface area contributed by atoms with Gasteiger partial charge in [0.05, 0.1) is 13.2 Å². The van der Waals surface area contributed by atoms with Gasteiger partial charge in [-0.2, -0.15) is 0 Å². The summed E-state index contributed by atoms with van der Waals surface area (Å²) in [5.41, 5.74) is -0.155. The van der Waals surface area contributed by atoms with Crippen molar-refractivity contribution < 1.29 is 24.2 Å². The first-order valence-corrected chi connectivity index (χ1v) is 6.84. The van der Waals surface area contributed by atoms with Crippen LogP contribution in [0.5, 0.6) is 0 Å². The number of carboxylic acids is 1. The normalized spacial score (nSPS) is 22.0. The third kappa shape index (κ3) is 2.78. The minimum atomic E-state index is -1.01. The Hall–Kier alpha value is -1.89. The van der Waals surface area contributed by atoms with Crippen LogP contribution in [0.1, 0.15) is 22.5 Å². The standard InChI is InChI=1S/C15H17NO5/c17-14(18)13-10-3-1-2-4-11(10)21-12(13)7-16-8-15(19)5-6-20-9-15/h1-4,16,19H,5-9H2,(H,17,18). The van der Waals surface area contributed by atoms with E-state index >= 15 is 0 Å². The monoisotopic (exact) mass is 291 g/mol. The number of aromatic carboxylic acids is 1. The van der Waals surface area contributed by atoms with Gasteiger partial charge < -0.3 is 24.7 Å². The topological polar surface area (TPSA) is 91.9 Å². The Morgan fingerprint density at radius 3 is 2.90 bits per heavy atom.